The highest BCUT2D eigenvalue weighted by molar-refractivity contribution is 6.17. The van der Waals surface area contributed by atoms with Crippen molar-refractivity contribution in [3.05, 3.63) is 108 Å². The lowest BCUT2D eigenvalue weighted by Gasteiger charge is -2.14. The molecule has 0 aliphatic carbocycles. The smallest absolute Gasteiger partial charge is 0.0708 e. The Labute approximate surface area is 152 Å². The third kappa shape index (κ3) is 3.03. The number of rotatable bonds is 4. The van der Waals surface area contributed by atoms with Crippen molar-refractivity contribution < 1.29 is 0 Å². The highest BCUT2D eigenvalue weighted by Gasteiger charge is 2.15. The molecule has 0 aliphatic rings. The van der Waals surface area contributed by atoms with Crippen LogP contribution in [0.3, 0.4) is 0 Å². The molecule has 1 N–H and O–H groups in total. The van der Waals surface area contributed by atoms with Crippen molar-refractivity contribution in [3.63, 3.8) is 0 Å². The lowest BCUT2D eigenvalue weighted by molar-refractivity contribution is 1.31. The normalized spacial score (nSPS) is 10.5. The largest absolute Gasteiger partial charge is 0.300 e. The molecule has 124 valence electrons. The molecular formula is C23H17N3. The fourth-order valence-corrected chi connectivity index (χ4v) is 3.04. The van der Waals surface area contributed by atoms with E-state index in [9.17, 15) is 0 Å². The minimum atomic E-state index is 0.465. The molecule has 0 bridgehead atoms. The zero-order valence-corrected chi connectivity index (χ0v) is 14.1. The molecule has 0 spiro atoms. The van der Waals surface area contributed by atoms with Gasteiger partial charge in [-0.2, -0.15) is 0 Å². The highest BCUT2D eigenvalue weighted by Crippen LogP contribution is 2.28. The third-order valence-electron chi connectivity index (χ3n) is 4.27. The maximum absolute atomic E-state index is 8.90. The average Bonchev–Trinajstić information content (AvgIpc) is 2.74. The Balaban J connectivity index is 1.84. The maximum Gasteiger partial charge on any atom is 0.0708 e. The predicted octanol–water partition coefficient (Wildman–Crippen LogP) is 5.23. The molecule has 3 heteroatoms. The lowest BCUT2D eigenvalue weighted by atomic mass is 9.92. The Morgan fingerprint density at radius 2 is 0.962 bits per heavy atom. The van der Waals surface area contributed by atoms with Crippen molar-refractivity contribution in [2.45, 2.75) is 0 Å². The van der Waals surface area contributed by atoms with E-state index in [1.807, 2.05) is 84.9 Å². The van der Waals surface area contributed by atoms with Gasteiger partial charge in [0.1, 0.15) is 0 Å². The van der Waals surface area contributed by atoms with Crippen LogP contribution in [0.2, 0.25) is 0 Å². The van der Waals surface area contributed by atoms with Crippen molar-refractivity contribution in [2.75, 3.05) is 0 Å². The quantitative estimate of drug-likeness (QED) is 0.519. The van der Waals surface area contributed by atoms with E-state index < -0.39 is 0 Å². The summed E-state index contributed by atoms with van der Waals surface area (Å²) in [6, 6.07) is 27.5. The van der Waals surface area contributed by atoms with Gasteiger partial charge in [-0.3, -0.25) is 15.4 Å². The van der Waals surface area contributed by atoms with Crippen LogP contribution in [0, 0.1) is 5.41 Å². The number of hydrogen-bond donors (Lipinski definition) is 1. The Hall–Kier alpha value is -3.59. The summed E-state index contributed by atoms with van der Waals surface area (Å²) in [6.07, 6.45) is 3.55. The Bertz CT molecular complexity index is 956. The van der Waals surface area contributed by atoms with Gasteiger partial charge >= 0.3 is 0 Å². The standard InChI is InChI=1S/C23H17N3/c24-23(19-11-3-1-9-17(19)21-13-5-7-15-25-21)20-12-4-2-10-18(20)22-14-6-8-16-26-22/h1-16,24H. The van der Waals surface area contributed by atoms with E-state index in [1.165, 1.54) is 0 Å². The molecule has 0 radical (unpaired) electrons. The minimum Gasteiger partial charge on any atom is -0.300 e. The second-order valence-electron chi connectivity index (χ2n) is 5.90. The van der Waals surface area contributed by atoms with E-state index >= 15 is 0 Å². The van der Waals surface area contributed by atoms with Gasteiger partial charge in [0.15, 0.2) is 0 Å². The topological polar surface area (TPSA) is 49.6 Å². The number of aromatic nitrogens is 2. The SMILES string of the molecule is N=C(c1ccccc1-c1ccccn1)c1ccccc1-c1ccccn1. The van der Waals surface area contributed by atoms with Crippen LogP contribution in [-0.2, 0) is 0 Å². The van der Waals surface area contributed by atoms with Crippen molar-refractivity contribution in [1.82, 2.24) is 9.97 Å². The molecule has 0 aliphatic heterocycles. The Morgan fingerprint density at radius 3 is 1.38 bits per heavy atom. The lowest BCUT2D eigenvalue weighted by Crippen LogP contribution is -2.06. The van der Waals surface area contributed by atoms with Gasteiger partial charge in [-0.15, -0.1) is 0 Å². The molecule has 2 aromatic heterocycles. The van der Waals surface area contributed by atoms with Crippen molar-refractivity contribution >= 4 is 5.71 Å². The maximum atomic E-state index is 8.90. The summed E-state index contributed by atoms with van der Waals surface area (Å²) in [5.74, 6) is 0. The summed E-state index contributed by atoms with van der Waals surface area (Å²) in [7, 11) is 0. The summed E-state index contributed by atoms with van der Waals surface area (Å²) < 4.78 is 0. The van der Waals surface area contributed by atoms with Crippen molar-refractivity contribution in [1.29, 1.82) is 5.41 Å². The summed E-state index contributed by atoms with van der Waals surface area (Å²) in [4.78, 5) is 8.91. The zero-order valence-electron chi connectivity index (χ0n) is 14.1. The fraction of sp³-hybridized carbons (Fsp3) is 0. The van der Waals surface area contributed by atoms with Gasteiger partial charge in [-0.25, -0.2) is 0 Å². The van der Waals surface area contributed by atoms with Gasteiger partial charge in [0, 0.05) is 34.6 Å². The van der Waals surface area contributed by atoms with E-state index in [2.05, 4.69) is 9.97 Å². The number of nitrogens with one attached hydrogen (secondary N) is 1. The first kappa shape index (κ1) is 15.9. The van der Waals surface area contributed by atoms with Crippen LogP contribution >= 0.6 is 0 Å². The van der Waals surface area contributed by atoms with Crippen LogP contribution < -0.4 is 0 Å². The summed E-state index contributed by atoms with van der Waals surface area (Å²) in [5.41, 5.74) is 5.81. The van der Waals surface area contributed by atoms with Crippen molar-refractivity contribution in [2.24, 2.45) is 0 Å². The first-order chi connectivity index (χ1) is 12.8. The average molecular weight is 335 g/mol. The Morgan fingerprint density at radius 1 is 0.538 bits per heavy atom. The van der Waals surface area contributed by atoms with Crippen LogP contribution in [0.25, 0.3) is 22.5 Å². The summed E-state index contributed by atoms with van der Waals surface area (Å²) in [5, 5.41) is 8.90. The van der Waals surface area contributed by atoms with Gasteiger partial charge < -0.3 is 0 Å². The van der Waals surface area contributed by atoms with E-state index in [0.717, 1.165) is 33.6 Å². The first-order valence-corrected chi connectivity index (χ1v) is 8.45. The van der Waals surface area contributed by atoms with Gasteiger partial charge in [0.2, 0.25) is 0 Å². The molecule has 2 aromatic carbocycles. The molecule has 0 fully saturated rings. The molecule has 4 aromatic rings. The summed E-state index contributed by atoms with van der Waals surface area (Å²) >= 11 is 0. The van der Waals surface area contributed by atoms with Gasteiger partial charge in [0.25, 0.3) is 0 Å². The fourth-order valence-electron chi connectivity index (χ4n) is 3.04. The molecule has 2 heterocycles. The highest BCUT2D eigenvalue weighted by atomic mass is 14.7. The molecule has 0 saturated heterocycles. The van der Waals surface area contributed by atoms with Crippen LogP contribution in [0.1, 0.15) is 11.1 Å². The number of nitrogens with zero attached hydrogens (tertiary/aromatic N) is 2. The van der Waals surface area contributed by atoms with E-state index in [4.69, 9.17) is 5.41 Å². The number of hydrogen-bond acceptors (Lipinski definition) is 3. The monoisotopic (exact) mass is 335 g/mol. The number of pyridine rings is 2. The molecular weight excluding hydrogens is 318 g/mol. The second kappa shape index (κ2) is 7.11. The zero-order chi connectivity index (χ0) is 17.8. The molecule has 4 rings (SSSR count). The molecule has 0 unspecified atom stereocenters. The van der Waals surface area contributed by atoms with Crippen LogP contribution in [0.5, 0.6) is 0 Å². The van der Waals surface area contributed by atoms with Crippen LogP contribution in [-0.4, -0.2) is 15.7 Å². The van der Waals surface area contributed by atoms with Gasteiger partial charge in [0.05, 0.1) is 17.1 Å². The molecule has 0 amide bonds. The second-order valence-corrected chi connectivity index (χ2v) is 5.90. The van der Waals surface area contributed by atoms with Crippen molar-refractivity contribution in [3.8, 4) is 22.5 Å². The predicted molar refractivity (Wildman–Crippen MR) is 105 cm³/mol. The van der Waals surface area contributed by atoms with E-state index in [0.29, 0.717) is 5.71 Å². The summed E-state index contributed by atoms with van der Waals surface area (Å²) in [6.45, 7) is 0. The van der Waals surface area contributed by atoms with E-state index in [1.54, 1.807) is 12.4 Å². The number of benzene rings is 2. The van der Waals surface area contributed by atoms with Crippen LogP contribution in [0.15, 0.2) is 97.3 Å². The molecule has 0 saturated carbocycles. The van der Waals surface area contributed by atoms with Gasteiger partial charge in [-0.05, 0) is 24.3 Å². The van der Waals surface area contributed by atoms with Crippen LogP contribution in [0.4, 0.5) is 0 Å². The van der Waals surface area contributed by atoms with Gasteiger partial charge in [-0.1, -0.05) is 60.7 Å². The first-order valence-electron chi connectivity index (χ1n) is 8.45. The molecule has 26 heavy (non-hydrogen) atoms. The third-order valence-corrected chi connectivity index (χ3v) is 4.27. The molecule has 3 nitrogen and oxygen atoms in total. The Kier molecular flexibility index (Phi) is 4.35. The van der Waals surface area contributed by atoms with E-state index in [-0.39, 0.29) is 0 Å². The molecule has 0 atom stereocenters. The minimum absolute atomic E-state index is 0.465.